The minimum absolute atomic E-state index is 0.532. The largest absolute Gasteiger partial charge is 0.382 e. The molecule has 2 heteroatoms. The summed E-state index contributed by atoms with van der Waals surface area (Å²) in [6.07, 6.45) is 3.75. The van der Waals surface area contributed by atoms with Gasteiger partial charge in [0.05, 0.1) is 0 Å². The first-order valence-corrected chi connectivity index (χ1v) is 6.04. The quantitative estimate of drug-likeness (QED) is 0.770. The van der Waals surface area contributed by atoms with E-state index in [0.29, 0.717) is 6.04 Å². The molecule has 0 aliphatic carbocycles. The topological polar surface area (TPSA) is 12.0 Å². The Labute approximate surface area is 97.8 Å². The van der Waals surface area contributed by atoms with Gasteiger partial charge in [0.2, 0.25) is 0 Å². The van der Waals surface area contributed by atoms with Crippen molar-refractivity contribution in [3.8, 4) is 0 Å². The Hall–Kier alpha value is -0.690. The molecule has 1 unspecified atom stereocenters. The number of unbranched alkanes of at least 4 members (excludes halogenated alkanes) is 1. The molecule has 0 heterocycles. The second kappa shape index (κ2) is 6.02. The molecule has 0 bridgehead atoms. The van der Waals surface area contributed by atoms with Crippen LogP contribution in [0.4, 0.5) is 5.69 Å². The minimum Gasteiger partial charge on any atom is -0.382 e. The van der Waals surface area contributed by atoms with Crippen LogP contribution in [0.1, 0.15) is 38.7 Å². The van der Waals surface area contributed by atoms with Crippen LogP contribution in [-0.4, -0.2) is 6.04 Å². The summed E-state index contributed by atoms with van der Waals surface area (Å²) in [5, 5.41) is 4.32. The highest BCUT2D eigenvalue weighted by molar-refractivity contribution is 6.30. The third-order valence-electron chi connectivity index (χ3n) is 2.58. The van der Waals surface area contributed by atoms with Crippen molar-refractivity contribution in [1.82, 2.24) is 0 Å². The van der Waals surface area contributed by atoms with Gasteiger partial charge in [-0.1, -0.05) is 31.4 Å². The van der Waals surface area contributed by atoms with Crippen molar-refractivity contribution in [3.63, 3.8) is 0 Å². The molecule has 1 aromatic carbocycles. The molecule has 0 aliphatic heterocycles. The molecule has 0 aromatic heterocycles. The molecule has 0 amide bonds. The predicted molar refractivity (Wildman–Crippen MR) is 68.8 cm³/mol. The first kappa shape index (κ1) is 12.4. The number of nitrogens with one attached hydrogen (secondary N) is 1. The van der Waals surface area contributed by atoms with Gasteiger partial charge in [-0.2, -0.15) is 0 Å². The van der Waals surface area contributed by atoms with Gasteiger partial charge in [-0.3, -0.25) is 0 Å². The molecule has 0 aliphatic rings. The molecule has 0 fully saturated rings. The van der Waals surface area contributed by atoms with Crippen molar-refractivity contribution in [2.45, 2.75) is 46.1 Å². The zero-order chi connectivity index (χ0) is 11.3. The maximum atomic E-state index is 5.91. The first-order valence-electron chi connectivity index (χ1n) is 5.66. The van der Waals surface area contributed by atoms with Crippen LogP contribution < -0.4 is 5.32 Å². The number of anilines is 1. The summed E-state index contributed by atoms with van der Waals surface area (Å²) in [6.45, 7) is 6.53. The molecule has 15 heavy (non-hydrogen) atoms. The Bertz CT molecular complexity index is 309. The SMILES string of the molecule is CCCCC(C)Nc1ccc(Cl)cc1C. The van der Waals surface area contributed by atoms with Gasteiger partial charge < -0.3 is 5.32 Å². The van der Waals surface area contributed by atoms with Gasteiger partial charge in [0.1, 0.15) is 0 Å². The molecule has 1 nitrogen and oxygen atoms in total. The lowest BCUT2D eigenvalue weighted by molar-refractivity contribution is 0.645. The highest BCUT2D eigenvalue weighted by atomic mass is 35.5. The number of rotatable bonds is 5. The normalized spacial score (nSPS) is 12.5. The molecule has 1 rings (SSSR count). The molecule has 1 atom stereocenters. The molecule has 1 N–H and O–H groups in total. The minimum atomic E-state index is 0.532. The van der Waals surface area contributed by atoms with Crippen molar-refractivity contribution in [3.05, 3.63) is 28.8 Å². The van der Waals surface area contributed by atoms with Crippen molar-refractivity contribution < 1.29 is 0 Å². The monoisotopic (exact) mass is 225 g/mol. The molecule has 0 saturated carbocycles. The van der Waals surface area contributed by atoms with Gasteiger partial charge in [-0.05, 0) is 44.0 Å². The summed E-state index contributed by atoms with van der Waals surface area (Å²) in [5.41, 5.74) is 2.41. The third kappa shape index (κ3) is 4.13. The molecule has 0 spiro atoms. The molecule has 0 radical (unpaired) electrons. The maximum Gasteiger partial charge on any atom is 0.0410 e. The summed E-state index contributed by atoms with van der Waals surface area (Å²) in [4.78, 5) is 0. The van der Waals surface area contributed by atoms with Crippen molar-refractivity contribution in [2.75, 3.05) is 5.32 Å². The molecule has 0 saturated heterocycles. The van der Waals surface area contributed by atoms with Crippen LogP contribution in [-0.2, 0) is 0 Å². The van der Waals surface area contributed by atoms with Crippen molar-refractivity contribution in [1.29, 1.82) is 0 Å². The van der Waals surface area contributed by atoms with Gasteiger partial charge in [-0.15, -0.1) is 0 Å². The lowest BCUT2D eigenvalue weighted by atomic mass is 10.1. The van der Waals surface area contributed by atoms with Gasteiger partial charge in [0.25, 0.3) is 0 Å². The van der Waals surface area contributed by atoms with Gasteiger partial charge in [-0.25, -0.2) is 0 Å². The van der Waals surface area contributed by atoms with Crippen LogP contribution in [0, 0.1) is 6.92 Å². The summed E-state index contributed by atoms with van der Waals surface area (Å²) >= 11 is 5.91. The van der Waals surface area contributed by atoms with Crippen LogP contribution >= 0.6 is 11.6 Å². The zero-order valence-electron chi connectivity index (χ0n) is 9.81. The van der Waals surface area contributed by atoms with Crippen molar-refractivity contribution >= 4 is 17.3 Å². The Morgan fingerprint density at radius 2 is 2.13 bits per heavy atom. The van der Waals surface area contributed by atoms with Crippen LogP contribution in [0.2, 0.25) is 5.02 Å². The Morgan fingerprint density at radius 1 is 1.40 bits per heavy atom. The Balaban J connectivity index is 2.56. The maximum absolute atomic E-state index is 5.91. The summed E-state index contributed by atoms with van der Waals surface area (Å²) < 4.78 is 0. The summed E-state index contributed by atoms with van der Waals surface area (Å²) in [5.74, 6) is 0. The second-order valence-electron chi connectivity index (χ2n) is 4.15. The second-order valence-corrected chi connectivity index (χ2v) is 4.58. The van der Waals surface area contributed by atoms with Crippen LogP contribution in [0.25, 0.3) is 0 Å². The molecule has 84 valence electrons. The third-order valence-corrected chi connectivity index (χ3v) is 2.82. The van der Waals surface area contributed by atoms with E-state index in [0.717, 1.165) is 5.02 Å². The first-order chi connectivity index (χ1) is 7.13. The van der Waals surface area contributed by atoms with Gasteiger partial charge >= 0.3 is 0 Å². The van der Waals surface area contributed by atoms with E-state index in [1.54, 1.807) is 0 Å². The van der Waals surface area contributed by atoms with E-state index in [9.17, 15) is 0 Å². The van der Waals surface area contributed by atoms with E-state index >= 15 is 0 Å². The van der Waals surface area contributed by atoms with Crippen molar-refractivity contribution in [2.24, 2.45) is 0 Å². The number of hydrogen-bond donors (Lipinski definition) is 1. The van der Waals surface area contributed by atoms with Crippen LogP contribution in [0.5, 0.6) is 0 Å². The van der Waals surface area contributed by atoms with E-state index < -0.39 is 0 Å². The number of hydrogen-bond acceptors (Lipinski definition) is 1. The number of halogens is 1. The Kier molecular flexibility index (Phi) is 4.97. The van der Waals surface area contributed by atoms with E-state index in [1.807, 2.05) is 12.1 Å². The van der Waals surface area contributed by atoms with Gasteiger partial charge in [0, 0.05) is 16.8 Å². The molecular formula is C13H20ClN. The fourth-order valence-corrected chi connectivity index (χ4v) is 1.86. The van der Waals surface area contributed by atoms with E-state index in [1.165, 1.54) is 30.5 Å². The van der Waals surface area contributed by atoms with Gasteiger partial charge in [0.15, 0.2) is 0 Å². The number of aryl methyl sites for hydroxylation is 1. The fourth-order valence-electron chi connectivity index (χ4n) is 1.64. The van der Waals surface area contributed by atoms with E-state index in [4.69, 9.17) is 11.6 Å². The molecule has 1 aromatic rings. The Morgan fingerprint density at radius 3 is 2.73 bits per heavy atom. The zero-order valence-corrected chi connectivity index (χ0v) is 10.6. The lowest BCUT2D eigenvalue weighted by Crippen LogP contribution is -2.15. The molecular weight excluding hydrogens is 206 g/mol. The summed E-state index contributed by atoms with van der Waals surface area (Å²) in [6, 6.07) is 6.52. The average molecular weight is 226 g/mol. The predicted octanol–water partition coefficient (Wildman–Crippen LogP) is 4.64. The van der Waals surface area contributed by atoms with Crippen LogP contribution in [0.3, 0.4) is 0 Å². The lowest BCUT2D eigenvalue weighted by Gasteiger charge is -2.16. The number of benzene rings is 1. The van der Waals surface area contributed by atoms with E-state index in [2.05, 4.69) is 32.2 Å². The van der Waals surface area contributed by atoms with E-state index in [-0.39, 0.29) is 0 Å². The van der Waals surface area contributed by atoms with Crippen LogP contribution in [0.15, 0.2) is 18.2 Å². The standard InChI is InChI=1S/C13H20ClN/c1-4-5-6-11(3)15-13-8-7-12(14)9-10(13)2/h7-9,11,15H,4-6H2,1-3H3. The highest BCUT2D eigenvalue weighted by Gasteiger charge is 2.03. The highest BCUT2D eigenvalue weighted by Crippen LogP contribution is 2.21. The smallest absolute Gasteiger partial charge is 0.0410 e. The summed E-state index contributed by atoms with van der Waals surface area (Å²) in [7, 11) is 0. The fraction of sp³-hybridized carbons (Fsp3) is 0.538. The average Bonchev–Trinajstić information content (AvgIpc) is 2.19.